The molecule has 0 spiro atoms. The van der Waals surface area contributed by atoms with Gasteiger partial charge in [-0.1, -0.05) is 36.4 Å². The average Bonchev–Trinajstić information content (AvgIpc) is 2.82. The Balaban J connectivity index is 1.69. The third kappa shape index (κ3) is 6.24. The van der Waals surface area contributed by atoms with Crippen molar-refractivity contribution in [3.05, 3.63) is 84.9 Å². The average molecular weight is 455 g/mol. The summed E-state index contributed by atoms with van der Waals surface area (Å²) in [6.07, 6.45) is 0. The first kappa shape index (κ1) is 23.1. The van der Waals surface area contributed by atoms with Gasteiger partial charge in [0.05, 0.1) is 23.7 Å². The van der Waals surface area contributed by atoms with Gasteiger partial charge in [0.25, 0.3) is 10.0 Å². The van der Waals surface area contributed by atoms with Gasteiger partial charge in [-0.2, -0.15) is 0 Å². The highest BCUT2D eigenvalue weighted by atomic mass is 32.2. The van der Waals surface area contributed by atoms with E-state index in [4.69, 9.17) is 9.47 Å². The SMILES string of the molecule is CCOc1ccc(S(=O)(=O)N(CC(=O)NCCOc2ccccc2)c2ccccc2)cc1. The minimum absolute atomic E-state index is 0.0741. The second-order valence-electron chi connectivity index (χ2n) is 6.76. The van der Waals surface area contributed by atoms with Gasteiger partial charge < -0.3 is 14.8 Å². The summed E-state index contributed by atoms with van der Waals surface area (Å²) in [5.41, 5.74) is 0.400. The molecule has 0 aliphatic carbocycles. The van der Waals surface area contributed by atoms with Crippen LogP contribution in [0.25, 0.3) is 0 Å². The van der Waals surface area contributed by atoms with E-state index in [0.29, 0.717) is 23.8 Å². The summed E-state index contributed by atoms with van der Waals surface area (Å²) < 4.78 is 38.7. The van der Waals surface area contributed by atoms with E-state index in [1.54, 1.807) is 42.5 Å². The maximum absolute atomic E-state index is 13.3. The van der Waals surface area contributed by atoms with E-state index >= 15 is 0 Å². The molecule has 0 aliphatic rings. The Kier molecular flexibility index (Phi) is 8.10. The Morgan fingerprint density at radius 1 is 0.844 bits per heavy atom. The van der Waals surface area contributed by atoms with Crippen molar-refractivity contribution >= 4 is 21.6 Å². The molecule has 3 aromatic rings. The van der Waals surface area contributed by atoms with Crippen LogP contribution in [-0.4, -0.2) is 40.6 Å². The van der Waals surface area contributed by atoms with E-state index < -0.39 is 15.9 Å². The summed E-state index contributed by atoms with van der Waals surface area (Å²) in [7, 11) is -3.97. The fraction of sp³-hybridized carbons (Fsp3) is 0.208. The molecule has 0 aliphatic heterocycles. The molecule has 8 heteroatoms. The summed E-state index contributed by atoms with van der Waals surface area (Å²) in [6, 6.07) is 23.9. The molecule has 0 heterocycles. The normalized spacial score (nSPS) is 10.9. The van der Waals surface area contributed by atoms with Gasteiger partial charge in [0, 0.05) is 0 Å². The van der Waals surface area contributed by atoms with Crippen LogP contribution in [0, 0.1) is 0 Å². The quantitative estimate of drug-likeness (QED) is 0.449. The molecule has 3 rings (SSSR count). The molecule has 0 unspecified atom stereocenters. The van der Waals surface area contributed by atoms with Gasteiger partial charge in [-0.15, -0.1) is 0 Å². The Bertz CT molecular complexity index is 1090. The summed E-state index contributed by atoms with van der Waals surface area (Å²) in [5, 5.41) is 2.71. The Morgan fingerprint density at radius 3 is 2.06 bits per heavy atom. The predicted molar refractivity (Wildman–Crippen MR) is 124 cm³/mol. The molecule has 0 atom stereocenters. The zero-order chi connectivity index (χ0) is 22.8. The molecule has 3 aromatic carbocycles. The lowest BCUT2D eigenvalue weighted by atomic mass is 10.3. The molecular weight excluding hydrogens is 428 g/mol. The van der Waals surface area contributed by atoms with E-state index in [9.17, 15) is 13.2 Å². The fourth-order valence-corrected chi connectivity index (χ4v) is 4.39. The molecule has 1 amide bonds. The number of sulfonamides is 1. The van der Waals surface area contributed by atoms with Gasteiger partial charge in [-0.25, -0.2) is 8.42 Å². The van der Waals surface area contributed by atoms with Crippen LogP contribution in [-0.2, 0) is 14.8 Å². The topological polar surface area (TPSA) is 84.9 Å². The summed E-state index contributed by atoms with van der Waals surface area (Å²) in [6.45, 7) is 2.50. The first-order valence-corrected chi connectivity index (χ1v) is 11.7. The van der Waals surface area contributed by atoms with Crippen molar-refractivity contribution in [2.45, 2.75) is 11.8 Å². The molecule has 0 saturated heterocycles. The molecule has 32 heavy (non-hydrogen) atoms. The number of nitrogens with one attached hydrogen (secondary N) is 1. The fourth-order valence-electron chi connectivity index (χ4n) is 2.97. The van der Waals surface area contributed by atoms with Crippen LogP contribution in [0.15, 0.2) is 89.8 Å². The summed E-state index contributed by atoms with van der Waals surface area (Å²) >= 11 is 0. The minimum Gasteiger partial charge on any atom is -0.494 e. The molecule has 0 bridgehead atoms. The minimum atomic E-state index is -3.97. The van der Waals surface area contributed by atoms with Gasteiger partial charge in [0.2, 0.25) is 5.91 Å². The molecule has 0 radical (unpaired) electrons. The van der Waals surface area contributed by atoms with E-state index in [1.807, 2.05) is 37.3 Å². The van der Waals surface area contributed by atoms with Gasteiger partial charge in [0.1, 0.15) is 24.7 Å². The van der Waals surface area contributed by atoms with Crippen molar-refractivity contribution in [3.8, 4) is 11.5 Å². The molecule has 1 N–H and O–H groups in total. The van der Waals surface area contributed by atoms with E-state index in [0.717, 1.165) is 4.31 Å². The smallest absolute Gasteiger partial charge is 0.264 e. The molecule has 168 valence electrons. The second-order valence-corrected chi connectivity index (χ2v) is 8.63. The van der Waals surface area contributed by atoms with Crippen LogP contribution in [0.3, 0.4) is 0 Å². The number of anilines is 1. The van der Waals surface area contributed by atoms with E-state index in [2.05, 4.69) is 5.32 Å². The third-order valence-electron chi connectivity index (χ3n) is 4.49. The number of para-hydroxylation sites is 2. The first-order valence-electron chi connectivity index (χ1n) is 10.3. The number of carbonyl (C=O) groups is 1. The second kappa shape index (κ2) is 11.2. The number of benzene rings is 3. The standard InChI is InChI=1S/C24H26N2O5S/c1-2-30-22-13-15-23(16-14-22)32(28,29)26(20-9-5-3-6-10-20)19-24(27)25-17-18-31-21-11-7-4-8-12-21/h3-16H,2,17-19H2,1H3,(H,25,27). The molecule has 7 nitrogen and oxygen atoms in total. The zero-order valence-electron chi connectivity index (χ0n) is 17.8. The highest BCUT2D eigenvalue weighted by Gasteiger charge is 2.27. The number of amides is 1. The highest BCUT2D eigenvalue weighted by molar-refractivity contribution is 7.92. The monoisotopic (exact) mass is 454 g/mol. The molecule has 0 fully saturated rings. The van der Waals surface area contributed by atoms with E-state index in [-0.39, 0.29) is 24.6 Å². The number of hydrogen-bond donors (Lipinski definition) is 1. The van der Waals surface area contributed by atoms with Crippen molar-refractivity contribution in [1.29, 1.82) is 0 Å². The lowest BCUT2D eigenvalue weighted by molar-refractivity contribution is -0.119. The van der Waals surface area contributed by atoms with Crippen molar-refractivity contribution in [1.82, 2.24) is 5.32 Å². The maximum Gasteiger partial charge on any atom is 0.264 e. The van der Waals surface area contributed by atoms with Crippen molar-refractivity contribution in [2.75, 3.05) is 30.6 Å². The maximum atomic E-state index is 13.3. The lowest BCUT2D eigenvalue weighted by Gasteiger charge is -2.24. The summed E-state index contributed by atoms with van der Waals surface area (Å²) in [4.78, 5) is 12.6. The van der Waals surface area contributed by atoms with Crippen LogP contribution in [0.2, 0.25) is 0 Å². The van der Waals surface area contributed by atoms with Crippen molar-refractivity contribution in [2.24, 2.45) is 0 Å². The van der Waals surface area contributed by atoms with Gasteiger partial charge in [0.15, 0.2) is 0 Å². The number of hydrogen-bond acceptors (Lipinski definition) is 5. The highest BCUT2D eigenvalue weighted by Crippen LogP contribution is 2.25. The van der Waals surface area contributed by atoms with Gasteiger partial charge >= 0.3 is 0 Å². The van der Waals surface area contributed by atoms with Gasteiger partial charge in [-0.3, -0.25) is 9.10 Å². The summed E-state index contributed by atoms with van der Waals surface area (Å²) in [5.74, 6) is 0.847. The van der Waals surface area contributed by atoms with Crippen LogP contribution in [0.1, 0.15) is 6.92 Å². The lowest BCUT2D eigenvalue weighted by Crippen LogP contribution is -2.41. The van der Waals surface area contributed by atoms with Crippen molar-refractivity contribution < 1.29 is 22.7 Å². The largest absolute Gasteiger partial charge is 0.494 e. The first-order chi connectivity index (χ1) is 15.5. The van der Waals surface area contributed by atoms with Gasteiger partial charge in [-0.05, 0) is 55.5 Å². The number of rotatable bonds is 11. The molecule has 0 saturated carbocycles. The predicted octanol–water partition coefficient (Wildman–Crippen LogP) is 3.48. The number of ether oxygens (including phenoxy) is 2. The van der Waals surface area contributed by atoms with Crippen molar-refractivity contribution in [3.63, 3.8) is 0 Å². The third-order valence-corrected chi connectivity index (χ3v) is 6.28. The molecule has 0 aromatic heterocycles. The van der Waals surface area contributed by atoms with Crippen LogP contribution in [0.5, 0.6) is 11.5 Å². The zero-order valence-corrected chi connectivity index (χ0v) is 18.6. The van der Waals surface area contributed by atoms with Crippen LogP contribution >= 0.6 is 0 Å². The van der Waals surface area contributed by atoms with Crippen LogP contribution < -0.4 is 19.1 Å². The Labute approximate surface area is 188 Å². The molecular formula is C24H26N2O5S. The number of nitrogens with zero attached hydrogens (tertiary/aromatic N) is 1. The Hall–Kier alpha value is -3.52. The number of carbonyl (C=O) groups excluding carboxylic acids is 1. The van der Waals surface area contributed by atoms with Crippen LogP contribution in [0.4, 0.5) is 5.69 Å². The Morgan fingerprint density at radius 2 is 1.44 bits per heavy atom. The van der Waals surface area contributed by atoms with E-state index in [1.165, 1.54) is 12.1 Å².